The molecule has 0 aliphatic carbocycles. The highest BCUT2D eigenvalue weighted by molar-refractivity contribution is 5.92. The van der Waals surface area contributed by atoms with Crippen molar-refractivity contribution in [3.05, 3.63) is 66.6 Å². The van der Waals surface area contributed by atoms with E-state index in [1.54, 1.807) is 28.0 Å². The maximum Gasteiger partial charge on any atom is 0.340 e. The van der Waals surface area contributed by atoms with Crippen LogP contribution in [0.15, 0.2) is 55.5 Å². The monoisotopic (exact) mass is 348 g/mol. The molecule has 0 saturated carbocycles. The number of fused-ring (bicyclic) bond motifs is 1. The number of benzene rings is 1. The van der Waals surface area contributed by atoms with Gasteiger partial charge in [0.05, 0.1) is 17.6 Å². The lowest BCUT2D eigenvalue weighted by Crippen LogP contribution is -2.10. The fourth-order valence-electron chi connectivity index (χ4n) is 2.66. The van der Waals surface area contributed by atoms with Gasteiger partial charge in [0.15, 0.2) is 5.65 Å². The molecule has 26 heavy (non-hydrogen) atoms. The minimum atomic E-state index is -0.432. The van der Waals surface area contributed by atoms with Crippen molar-refractivity contribution in [2.75, 3.05) is 0 Å². The molecule has 0 bridgehead atoms. The summed E-state index contributed by atoms with van der Waals surface area (Å²) in [6.07, 6.45) is 5.87. The summed E-state index contributed by atoms with van der Waals surface area (Å²) in [6.45, 7) is 1.83. The van der Waals surface area contributed by atoms with Crippen molar-refractivity contribution in [2.45, 2.75) is 13.0 Å². The zero-order valence-corrected chi connectivity index (χ0v) is 14.3. The summed E-state index contributed by atoms with van der Waals surface area (Å²) in [4.78, 5) is 24.8. The fourth-order valence-corrected chi connectivity index (χ4v) is 2.66. The smallest absolute Gasteiger partial charge is 0.340 e. The molecule has 0 fully saturated rings. The van der Waals surface area contributed by atoms with Gasteiger partial charge < -0.3 is 9.30 Å². The van der Waals surface area contributed by atoms with Gasteiger partial charge in [-0.2, -0.15) is 5.10 Å². The van der Waals surface area contributed by atoms with E-state index in [0.717, 1.165) is 16.9 Å². The zero-order valence-electron chi connectivity index (χ0n) is 14.3. The van der Waals surface area contributed by atoms with Gasteiger partial charge in [-0.25, -0.2) is 24.4 Å². The first-order valence-electron chi connectivity index (χ1n) is 8.05. The van der Waals surface area contributed by atoms with E-state index in [1.807, 2.05) is 38.2 Å². The Hall–Kier alpha value is -3.55. The third kappa shape index (κ3) is 2.92. The van der Waals surface area contributed by atoms with Crippen LogP contribution in [-0.4, -0.2) is 35.3 Å². The molecule has 3 aromatic heterocycles. The molecule has 0 amide bonds. The molecule has 8 nitrogen and oxygen atoms in total. The normalized spacial score (nSPS) is 12.2. The Morgan fingerprint density at radius 3 is 2.69 bits per heavy atom. The second kappa shape index (κ2) is 6.40. The molecule has 0 aliphatic rings. The first-order chi connectivity index (χ1) is 12.6. The first kappa shape index (κ1) is 15.9. The van der Waals surface area contributed by atoms with E-state index < -0.39 is 12.1 Å². The maximum atomic E-state index is 12.4. The summed E-state index contributed by atoms with van der Waals surface area (Å²) in [5, 5.41) is 4.08. The van der Waals surface area contributed by atoms with Crippen LogP contribution in [0.1, 0.15) is 28.9 Å². The van der Waals surface area contributed by atoms with E-state index in [-0.39, 0.29) is 0 Å². The number of pyridine rings is 1. The van der Waals surface area contributed by atoms with Crippen LogP contribution in [0.3, 0.4) is 0 Å². The van der Waals surface area contributed by atoms with Crippen LogP contribution in [0.5, 0.6) is 0 Å². The van der Waals surface area contributed by atoms with Crippen molar-refractivity contribution in [1.29, 1.82) is 0 Å². The number of carbonyl (C=O) groups excluding carboxylic acids is 1. The van der Waals surface area contributed by atoms with Crippen LogP contribution >= 0.6 is 0 Å². The van der Waals surface area contributed by atoms with Crippen LogP contribution in [0.2, 0.25) is 0 Å². The van der Waals surface area contributed by atoms with E-state index >= 15 is 0 Å². The van der Waals surface area contributed by atoms with Crippen molar-refractivity contribution in [2.24, 2.45) is 7.05 Å². The number of carbonyl (C=O) groups is 1. The number of rotatable bonds is 4. The number of esters is 1. The SMILES string of the molecule is C[C@@H](OC(=O)c1cnc2c(c1)ncn2C)c1ccc(-n2cncn2)cc1. The predicted octanol–water partition coefficient (Wildman–Crippen LogP) is 2.47. The topological polar surface area (TPSA) is 87.7 Å². The second-order valence-corrected chi connectivity index (χ2v) is 5.90. The van der Waals surface area contributed by atoms with Gasteiger partial charge in [-0.3, -0.25) is 0 Å². The Kier molecular flexibility index (Phi) is 3.92. The molecule has 3 heterocycles. The number of aromatic nitrogens is 6. The molecule has 4 rings (SSSR count). The van der Waals surface area contributed by atoms with Crippen molar-refractivity contribution in [3.8, 4) is 5.69 Å². The van der Waals surface area contributed by atoms with Crippen molar-refractivity contribution >= 4 is 17.1 Å². The Morgan fingerprint density at radius 1 is 1.15 bits per heavy atom. The molecule has 8 heteroatoms. The van der Waals surface area contributed by atoms with E-state index in [0.29, 0.717) is 11.1 Å². The quantitative estimate of drug-likeness (QED) is 0.527. The van der Waals surface area contributed by atoms with Gasteiger partial charge in [0.2, 0.25) is 0 Å². The minimum absolute atomic E-state index is 0.377. The molecule has 4 aromatic rings. The van der Waals surface area contributed by atoms with Crippen molar-refractivity contribution in [1.82, 2.24) is 29.3 Å². The maximum absolute atomic E-state index is 12.4. The fraction of sp³-hybridized carbons (Fsp3) is 0.167. The zero-order chi connectivity index (χ0) is 18.1. The number of nitrogens with zero attached hydrogens (tertiary/aromatic N) is 6. The highest BCUT2D eigenvalue weighted by Gasteiger charge is 2.16. The Labute approximate surface area is 149 Å². The van der Waals surface area contributed by atoms with Crippen molar-refractivity contribution in [3.63, 3.8) is 0 Å². The van der Waals surface area contributed by atoms with Crippen molar-refractivity contribution < 1.29 is 9.53 Å². The number of hydrogen-bond donors (Lipinski definition) is 0. The largest absolute Gasteiger partial charge is 0.454 e. The van der Waals surface area contributed by atoms with Gasteiger partial charge in [-0.05, 0) is 30.7 Å². The molecule has 0 spiro atoms. The summed E-state index contributed by atoms with van der Waals surface area (Å²) in [7, 11) is 1.85. The number of hydrogen-bond acceptors (Lipinski definition) is 6. The predicted molar refractivity (Wildman–Crippen MR) is 93.7 cm³/mol. The average molecular weight is 348 g/mol. The van der Waals surface area contributed by atoms with E-state index in [4.69, 9.17) is 4.74 Å². The van der Waals surface area contributed by atoms with E-state index in [2.05, 4.69) is 20.1 Å². The van der Waals surface area contributed by atoms with Gasteiger partial charge in [0.1, 0.15) is 24.3 Å². The third-order valence-corrected chi connectivity index (χ3v) is 4.12. The second-order valence-electron chi connectivity index (χ2n) is 5.90. The number of aryl methyl sites for hydroxylation is 1. The molecule has 130 valence electrons. The first-order valence-corrected chi connectivity index (χ1v) is 8.05. The number of ether oxygens (including phenoxy) is 1. The van der Waals surface area contributed by atoms with Gasteiger partial charge in [-0.15, -0.1) is 0 Å². The van der Waals surface area contributed by atoms with E-state index in [9.17, 15) is 4.79 Å². The summed E-state index contributed by atoms with van der Waals surface area (Å²) in [5.41, 5.74) is 3.52. The lowest BCUT2D eigenvalue weighted by Gasteiger charge is -2.14. The van der Waals surface area contributed by atoms with E-state index in [1.165, 1.54) is 12.5 Å². The Bertz CT molecular complexity index is 1050. The highest BCUT2D eigenvalue weighted by atomic mass is 16.5. The Balaban J connectivity index is 1.49. The van der Waals surface area contributed by atoms with Gasteiger partial charge in [0, 0.05) is 13.2 Å². The molecule has 1 atom stereocenters. The summed E-state index contributed by atoms with van der Waals surface area (Å²) >= 11 is 0. The molecule has 0 N–H and O–H groups in total. The van der Waals surface area contributed by atoms with Crippen LogP contribution in [0.4, 0.5) is 0 Å². The van der Waals surface area contributed by atoms with Crippen LogP contribution < -0.4 is 0 Å². The average Bonchev–Trinajstić information content (AvgIpc) is 3.32. The molecule has 0 unspecified atom stereocenters. The summed E-state index contributed by atoms with van der Waals surface area (Å²) in [5.74, 6) is -0.432. The summed E-state index contributed by atoms with van der Waals surface area (Å²) in [6, 6.07) is 9.28. The molecule has 0 radical (unpaired) electrons. The van der Waals surface area contributed by atoms with Crippen LogP contribution in [-0.2, 0) is 11.8 Å². The lowest BCUT2D eigenvalue weighted by atomic mass is 10.1. The minimum Gasteiger partial charge on any atom is -0.454 e. The lowest BCUT2D eigenvalue weighted by molar-refractivity contribution is 0.0337. The third-order valence-electron chi connectivity index (χ3n) is 4.12. The van der Waals surface area contributed by atoms with Gasteiger partial charge in [0.25, 0.3) is 0 Å². The standard InChI is InChI=1S/C18H16N6O2/c1-12(13-3-5-15(6-4-13)24-10-19-9-22-24)26-18(25)14-7-16-17(20-8-14)23(2)11-21-16/h3-12H,1-2H3/t12-/m1/s1. The van der Waals surface area contributed by atoms with Gasteiger partial charge in [-0.1, -0.05) is 12.1 Å². The number of imidazole rings is 1. The molecule has 0 aliphatic heterocycles. The highest BCUT2D eigenvalue weighted by Crippen LogP contribution is 2.21. The van der Waals surface area contributed by atoms with Crippen LogP contribution in [0.25, 0.3) is 16.9 Å². The summed E-state index contributed by atoms with van der Waals surface area (Å²) < 4.78 is 9.02. The molecular weight excluding hydrogens is 332 g/mol. The Morgan fingerprint density at radius 2 is 1.96 bits per heavy atom. The van der Waals surface area contributed by atoms with Gasteiger partial charge >= 0.3 is 5.97 Å². The molecule has 1 aromatic carbocycles. The molecule has 0 saturated heterocycles. The van der Waals surface area contributed by atoms with Crippen LogP contribution in [0, 0.1) is 0 Å². The molecular formula is C18H16N6O2.